The summed E-state index contributed by atoms with van der Waals surface area (Å²) in [7, 11) is 1.22. The lowest BCUT2D eigenvalue weighted by Gasteiger charge is -1.97. The van der Waals surface area contributed by atoms with Crippen LogP contribution in [0.15, 0.2) is 11.8 Å². The van der Waals surface area contributed by atoms with Crippen molar-refractivity contribution >= 4 is 5.78 Å². The SMILES string of the molecule is CO/C(=C\C(=O)CF)CF. The second-order valence-electron chi connectivity index (χ2n) is 1.55. The van der Waals surface area contributed by atoms with Crippen molar-refractivity contribution in [1.82, 2.24) is 0 Å². The van der Waals surface area contributed by atoms with Crippen LogP contribution in [0.4, 0.5) is 8.78 Å². The van der Waals surface area contributed by atoms with Crippen LogP contribution in [0.25, 0.3) is 0 Å². The quantitative estimate of drug-likeness (QED) is 0.442. The van der Waals surface area contributed by atoms with Crippen LogP contribution in [-0.4, -0.2) is 26.2 Å². The van der Waals surface area contributed by atoms with Crippen LogP contribution in [-0.2, 0) is 9.53 Å². The number of rotatable bonds is 4. The molecule has 0 spiro atoms. The maximum atomic E-state index is 11.7. The third-order valence-corrected chi connectivity index (χ3v) is 0.848. The van der Waals surface area contributed by atoms with Gasteiger partial charge in [-0.3, -0.25) is 4.79 Å². The first-order valence-electron chi connectivity index (χ1n) is 2.64. The molecule has 0 radical (unpaired) electrons. The van der Waals surface area contributed by atoms with Gasteiger partial charge in [-0.05, 0) is 0 Å². The number of hydrogen-bond donors (Lipinski definition) is 0. The van der Waals surface area contributed by atoms with E-state index in [4.69, 9.17) is 0 Å². The number of allylic oxidation sites excluding steroid dienone is 2. The smallest absolute Gasteiger partial charge is 0.190 e. The molecular formula is C6H8F2O2. The Labute approximate surface area is 57.5 Å². The third kappa shape index (κ3) is 3.17. The monoisotopic (exact) mass is 150 g/mol. The minimum atomic E-state index is -1.12. The Kier molecular flexibility index (Phi) is 4.45. The highest BCUT2D eigenvalue weighted by atomic mass is 19.1. The summed E-state index contributed by atoms with van der Waals surface area (Å²) in [4.78, 5) is 10.2. The van der Waals surface area contributed by atoms with Crippen LogP contribution < -0.4 is 0 Å². The van der Waals surface area contributed by atoms with E-state index in [1.165, 1.54) is 7.11 Å². The van der Waals surface area contributed by atoms with Gasteiger partial charge in [0.1, 0.15) is 12.4 Å². The molecule has 10 heavy (non-hydrogen) atoms. The summed E-state index contributed by atoms with van der Waals surface area (Å²) in [5.41, 5.74) is 0. The molecule has 0 aliphatic carbocycles. The standard InChI is InChI=1S/C6H8F2O2/c1-10-6(4-8)2-5(9)3-7/h2H,3-4H2,1H3/b6-2-. The maximum absolute atomic E-state index is 11.7. The van der Waals surface area contributed by atoms with E-state index in [0.717, 1.165) is 6.08 Å². The highest BCUT2D eigenvalue weighted by Crippen LogP contribution is 1.95. The fourth-order valence-electron chi connectivity index (χ4n) is 0.370. The van der Waals surface area contributed by atoms with Crippen molar-refractivity contribution in [3.8, 4) is 0 Å². The molecular weight excluding hydrogens is 142 g/mol. The fraction of sp³-hybridized carbons (Fsp3) is 0.500. The van der Waals surface area contributed by atoms with Crippen LogP contribution in [0, 0.1) is 0 Å². The largest absolute Gasteiger partial charge is 0.498 e. The molecule has 0 aromatic heterocycles. The van der Waals surface area contributed by atoms with Crippen LogP contribution in [0.3, 0.4) is 0 Å². The van der Waals surface area contributed by atoms with Gasteiger partial charge in [0, 0.05) is 6.08 Å². The highest BCUT2D eigenvalue weighted by molar-refractivity contribution is 5.91. The van der Waals surface area contributed by atoms with Gasteiger partial charge in [-0.25, -0.2) is 8.78 Å². The summed E-state index contributed by atoms with van der Waals surface area (Å²) in [5, 5.41) is 0. The predicted octanol–water partition coefficient (Wildman–Crippen LogP) is 1.02. The van der Waals surface area contributed by atoms with E-state index in [1.807, 2.05) is 0 Å². The van der Waals surface area contributed by atoms with Crippen LogP contribution in [0.1, 0.15) is 0 Å². The van der Waals surface area contributed by atoms with Crippen LogP contribution >= 0.6 is 0 Å². The molecule has 0 heterocycles. The third-order valence-electron chi connectivity index (χ3n) is 0.848. The molecule has 0 rings (SSSR count). The maximum Gasteiger partial charge on any atom is 0.190 e. The van der Waals surface area contributed by atoms with E-state index in [0.29, 0.717) is 0 Å². The molecule has 0 aromatic carbocycles. The van der Waals surface area contributed by atoms with Crippen molar-refractivity contribution in [2.75, 3.05) is 20.5 Å². The number of carbonyl (C=O) groups excluding carboxylic acids is 1. The first kappa shape index (κ1) is 9.07. The van der Waals surface area contributed by atoms with Crippen molar-refractivity contribution < 1.29 is 18.3 Å². The van der Waals surface area contributed by atoms with Crippen LogP contribution in [0.5, 0.6) is 0 Å². The second-order valence-corrected chi connectivity index (χ2v) is 1.55. The Morgan fingerprint density at radius 1 is 1.50 bits per heavy atom. The molecule has 0 saturated heterocycles. The Hall–Kier alpha value is -0.930. The van der Waals surface area contributed by atoms with Gasteiger partial charge < -0.3 is 4.74 Å². The van der Waals surface area contributed by atoms with Crippen LogP contribution in [0.2, 0.25) is 0 Å². The molecule has 0 unspecified atom stereocenters. The molecule has 0 saturated carbocycles. The number of carbonyl (C=O) groups is 1. The van der Waals surface area contributed by atoms with Gasteiger partial charge in [0.05, 0.1) is 7.11 Å². The molecule has 0 aliphatic heterocycles. The topological polar surface area (TPSA) is 26.3 Å². The van der Waals surface area contributed by atoms with Gasteiger partial charge in [-0.15, -0.1) is 0 Å². The molecule has 0 bridgehead atoms. The van der Waals surface area contributed by atoms with E-state index in [-0.39, 0.29) is 5.76 Å². The van der Waals surface area contributed by atoms with Crippen molar-refractivity contribution in [1.29, 1.82) is 0 Å². The summed E-state index contributed by atoms with van der Waals surface area (Å²) >= 11 is 0. The zero-order valence-corrected chi connectivity index (χ0v) is 5.56. The first-order chi connectivity index (χ1) is 4.74. The molecule has 0 fully saturated rings. The average molecular weight is 150 g/mol. The average Bonchev–Trinajstić information content (AvgIpc) is 1.99. The van der Waals surface area contributed by atoms with E-state index < -0.39 is 19.1 Å². The summed E-state index contributed by atoms with van der Waals surface area (Å²) in [6.45, 7) is -2.00. The van der Waals surface area contributed by atoms with Crippen molar-refractivity contribution in [3.63, 3.8) is 0 Å². The molecule has 2 nitrogen and oxygen atoms in total. The lowest BCUT2D eigenvalue weighted by Crippen LogP contribution is -1.99. The van der Waals surface area contributed by atoms with Gasteiger partial charge >= 0.3 is 0 Å². The predicted molar refractivity (Wildman–Crippen MR) is 32.0 cm³/mol. The van der Waals surface area contributed by atoms with Gasteiger partial charge in [0.2, 0.25) is 0 Å². The highest BCUT2D eigenvalue weighted by Gasteiger charge is 1.99. The zero-order valence-electron chi connectivity index (χ0n) is 5.56. The Morgan fingerprint density at radius 3 is 2.40 bits per heavy atom. The van der Waals surface area contributed by atoms with Crippen molar-refractivity contribution in [3.05, 3.63) is 11.8 Å². The number of methoxy groups -OCH3 is 1. The molecule has 0 aromatic rings. The minimum Gasteiger partial charge on any atom is -0.498 e. The molecule has 4 heteroatoms. The Bertz CT molecular complexity index is 137. The number of halogens is 2. The first-order valence-corrected chi connectivity index (χ1v) is 2.64. The minimum absolute atomic E-state index is 0.150. The molecule has 0 atom stereocenters. The lowest BCUT2D eigenvalue weighted by atomic mass is 10.3. The van der Waals surface area contributed by atoms with Gasteiger partial charge in [0.25, 0.3) is 0 Å². The fourth-order valence-corrected chi connectivity index (χ4v) is 0.370. The number of hydrogen-bond acceptors (Lipinski definition) is 2. The van der Waals surface area contributed by atoms with Gasteiger partial charge in [-0.2, -0.15) is 0 Å². The van der Waals surface area contributed by atoms with Crippen molar-refractivity contribution in [2.45, 2.75) is 0 Å². The normalized spacial score (nSPS) is 11.3. The van der Waals surface area contributed by atoms with E-state index in [9.17, 15) is 13.6 Å². The molecule has 0 aliphatic rings. The van der Waals surface area contributed by atoms with E-state index in [1.54, 1.807) is 0 Å². The second kappa shape index (κ2) is 4.90. The zero-order chi connectivity index (χ0) is 7.98. The van der Waals surface area contributed by atoms with Crippen molar-refractivity contribution in [2.24, 2.45) is 0 Å². The Morgan fingerprint density at radius 2 is 2.10 bits per heavy atom. The lowest BCUT2D eigenvalue weighted by molar-refractivity contribution is -0.115. The summed E-state index contributed by atoms with van der Waals surface area (Å²) in [6.07, 6.45) is 0.806. The van der Waals surface area contributed by atoms with E-state index >= 15 is 0 Å². The summed E-state index contributed by atoms with van der Waals surface area (Å²) in [6, 6.07) is 0. The summed E-state index contributed by atoms with van der Waals surface area (Å²) < 4.78 is 27.5. The molecule has 58 valence electrons. The summed E-state index contributed by atoms with van der Waals surface area (Å²) in [5.74, 6) is -0.933. The van der Waals surface area contributed by atoms with E-state index in [2.05, 4.69) is 4.74 Å². The Balaban J connectivity index is 3.96. The molecule has 0 amide bonds. The van der Waals surface area contributed by atoms with Gasteiger partial charge in [-0.1, -0.05) is 0 Å². The van der Waals surface area contributed by atoms with Gasteiger partial charge in [0.15, 0.2) is 12.5 Å². The number of ketones is 1. The number of ether oxygens (including phenoxy) is 1. The number of alkyl halides is 2. The molecule has 0 N–H and O–H groups in total.